The van der Waals surface area contributed by atoms with Crippen molar-refractivity contribution in [2.24, 2.45) is 11.2 Å². The molecule has 1 aliphatic carbocycles. The van der Waals surface area contributed by atoms with Crippen LogP contribution in [0, 0.1) is 10.8 Å². The van der Waals surface area contributed by atoms with Gasteiger partial charge in [0.1, 0.15) is 17.2 Å². The molecule has 1 aliphatic rings. The maximum Gasteiger partial charge on any atom is 0.340 e. The van der Waals surface area contributed by atoms with Gasteiger partial charge in [-0.2, -0.15) is 5.01 Å². The highest BCUT2D eigenvalue weighted by Gasteiger charge is 2.22. The Labute approximate surface area is 210 Å². The van der Waals surface area contributed by atoms with Gasteiger partial charge in [0.05, 0.1) is 24.5 Å². The van der Waals surface area contributed by atoms with E-state index in [1.807, 2.05) is 0 Å². The molecule has 0 saturated heterocycles. The Balaban J connectivity index is 0.000000251. The van der Waals surface area contributed by atoms with Crippen LogP contribution >= 0.6 is 11.6 Å². The van der Waals surface area contributed by atoms with Gasteiger partial charge in [-0.25, -0.2) is 4.79 Å². The molecule has 3 rings (SSSR count). The van der Waals surface area contributed by atoms with Crippen LogP contribution in [0.2, 0.25) is 0 Å². The summed E-state index contributed by atoms with van der Waals surface area (Å²) in [7, 11) is 1.58. The number of carbonyl (C=O) groups excluding carboxylic acids is 2. The number of aromatic hydroxyl groups is 2. The molecule has 0 atom stereocenters. The Kier molecular flexibility index (Phi) is 11.3. The number of nitrogens with one attached hydrogen (secondary N) is 1. The second-order valence-electron chi connectivity index (χ2n) is 8.45. The Hall–Kier alpha value is -3.33. The first kappa shape index (κ1) is 27.9. The largest absolute Gasteiger partial charge is 0.508 e. The van der Waals surface area contributed by atoms with Gasteiger partial charge in [0, 0.05) is 24.4 Å². The smallest absolute Gasteiger partial charge is 0.340 e. The van der Waals surface area contributed by atoms with E-state index in [4.69, 9.17) is 16.3 Å². The van der Waals surface area contributed by atoms with Crippen LogP contribution in [0.1, 0.15) is 48.5 Å². The van der Waals surface area contributed by atoms with Crippen molar-refractivity contribution in [3.8, 4) is 17.2 Å². The van der Waals surface area contributed by atoms with Crippen LogP contribution in [0.3, 0.4) is 0 Å². The second kappa shape index (κ2) is 14.2. The highest BCUT2D eigenvalue weighted by Crippen LogP contribution is 2.25. The normalized spacial score (nSPS) is 16.9. The Morgan fingerprint density at radius 1 is 1.11 bits per heavy atom. The third kappa shape index (κ3) is 9.09. The average Bonchev–Trinajstić information content (AvgIpc) is 2.84. The van der Waals surface area contributed by atoms with Gasteiger partial charge >= 0.3 is 6.03 Å². The summed E-state index contributed by atoms with van der Waals surface area (Å²) in [6, 6.07) is 10.8. The number of alkyl halides is 1. The first-order valence-electron chi connectivity index (χ1n) is 11.4. The molecule has 35 heavy (non-hydrogen) atoms. The minimum atomic E-state index is -0.435. The van der Waals surface area contributed by atoms with Crippen molar-refractivity contribution in [2.75, 3.05) is 19.5 Å². The van der Waals surface area contributed by atoms with Crippen molar-refractivity contribution in [3.05, 3.63) is 58.5 Å². The lowest BCUT2D eigenvalue weighted by Gasteiger charge is -2.27. The van der Waals surface area contributed by atoms with Crippen LogP contribution in [-0.2, 0) is 6.42 Å². The summed E-state index contributed by atoms with van der Waals surface area (Å²) in [4.78, 5) is 34.0. The molecule has 2 aromatic rings. The molecule has 3 N–H and O–H groups in total. The molecule has 10 heteroatoms. The van der Waals surface area contributed by atoms with Gasteiger partial charge in [-0.15, -0.1) is 16.5 Å². The van der Waals surface area contributed by atoms with Gasteiger partial charge in [-0.1, -0.05) is 19.1 Å². The molecule has 1 fully saturated rings. The zero-order chi connectivity index (χ0) is 25.8. The summed E-state index contributed by atoms with van der Waals surface area (Å²) in [5.41, 5.74) is 1.03. The maximum absolute atomic E-state index is 12.0. The molecule has 0 bridgehead atoms. The van der Waals surface area contributed by atoms with Crippen molar-refractivity contribution < 1.29 is 24.5 Å². The van der Waals surface area contributed by atoms with Crippen LogP contribution < -0.4 is 10.1 Å². The molecule has 2 aromatic carbocycles. The summed E-state index contributed by atoms with van der Waals surface area (Å²) < 4.78 is 5.04. The zero-order valence-electron chi connectivity index (χ0n) is 19.9. The summed E-state index contributed by atoms with van der Waals surface area (Å²) >= 11 is 5.46. The van der Waals surface area contributed by atoms with Crippen LogP contribution in [-0.4, -0.2) is 52.6 Å². The molecule has 0 aliphatic heterocycles. The highest BCUT2D eigenvalue weighted by molar-refractivity contribution is 6.18. The summed E-state index contributed by atoms with van der Waals surface area (Å²) in [6.45, 7) is 2.37. The Morgan fingerprint density at radius 2 is 1.77 bits per heavy atom. The van der Waals surface area contributed by atoms with Crippen molar-refractivity contribution >= 4 is 23.4 Å². The topological polar surface area (TPSA) is 129 Å². The highest BCUT2D eigenvalue weighted by atomic mass is 35.5. The fraction of sp³-hybridized carbons (Fsp3) is 0.440. The van der Waals surface area contributed by atoms with Crippen LogP contribution in [0.15, 0.2) is 47.8 Å². The Morgan fingerprint density at radius 3 is 2.31 bits per heavy atom. The predicted octanol–water partition coefficient (Wildman–Crippen LogP) is 5.03. The molecule has 1 saturated carbocycles. The standard InChI is InChI=1S/C15H14O4.C10H18ClN3O2/c1-19-12-5-2-10(3-6-12)8-14(17)13-7-4-11(16)9-15(13)18;1-8-2-4-9(5-3-8)12-10(15)14(13-16)7-6-11/h2-7,9,16,18H,8H2,1H3;8-9H,2-7H2,1H3,(H,12,15). The van der Waals surface area contributed by atoms with Gasteiger partial charge < -0.3 is 20.3 Å². The summed E-state index contributed by atoms with van der Waals surface area (Å²) in [5, 5.41) is 25.1. The van der Waals surface area contributed by atoms with Crippen molar-refractivity contribution in [3.63, 3.8) is 0 Å². The van der Waals surface area contributed by atoms with Gasteiger partial charge in [-0.3, -0.25) is 4.79 Å². The molecule has 0 heterocycles. The number of Topliss-reactive ketones (excluding diaryl/α,β-unsaturated/α-hetero) is 1. The molecule has 0 unspecified atom stereocenters. The number of hydrogen-bond donors (Lipinski definition) is 3. The molecule has 2 amide bonds. The third-order valence-electron chi connectivity index (χ3n) is 5.78. The van der Waals surface area contributed by atoms with E-state index in [2.05, 4.69) is 17.5 Å². The molecule has 0 aromatic heterocycles. The van der Waals surface area contributed by atoms with Gasteiger partial charge in [-0.05, 0) is 61.4 Å². The molecule has 0 spiro atoms. The van der Waals surface area contributed by atoms with Gasteiger partial charge in [0.25, 0.3) is 0 Å². The van der Waals surface area contributed by atoms with Crippen molar-refractivity contribution in [2.45, 2.75) is 45.1 Å². The SMILES string of the molecule is CC1CCC(NC(=O)N(CCCl)N=O)CC1.COc1ccc(CC(=O)c2ccc(O)cc2O)cc1. The number of nitrogens with zero attached hydrogens (tertiary/aromatic N) is 2. The van der Waals surface area contributed by atoms with Crippen LogP contribution in [0.5, 0.6) is 17.2 Å². The number of urea groups is 1. The van der Waals surface area contributed by atoms with E-state index < -0.39 is 6.03 Å². The van der Waals surface area contributed by atoms with Crippen LogP contribution in [0.4, 0.5) is 4.79 Å². The molecule has 190 valence electrons. The summed E-state index contributed by atoms with van der Waals surface area (Å²) in [6.07, 6.45) is 4.37. The minimum Gasteiger partial charge on any atom is -0.508 e. The number of halogens is 1. The fourth-order valence-corrected chi connectivity index (χ4v) is 3.85. The van der Waals surface area contributed by atoms with Crippen molar-refractivity contribution in [1.82, 2.24) is 10.3 Å². The first-order chi connectivity index (χ1) is 16.8. The molecular weight excluding hydrogens is 474 g/mol. The number of benzene rings is 2. The number of carbonyl (C=O) groups is 2. The number of ether oxygens (including phenoxy) is 1. The first-order valence-corrected chi connectivity index (χ1v) is 12.0. The number of amides is 2. The van der Waals surface area contributed by atoms with E-state index in [-0.39, 0.29) is 47.7 Å². The number of phenolic OH excluding ortho intramolecular Hbond substituents is 2. The number of phenols is 2. The number of nitroso groups, excluding NO2 is 1. The van der Waals surface area contributed by atoms with Crippen LogP contribution in [0.25, 0.3) is 0 Å². The monoisotopic (exact) mass is 505 g/mol. The van der Waals surface area contributed by atoms with Gasteiger partial charge in [0.2, 0.25) is 0 Å². The maximum atomic E-state index is 12.0. The van der Waals surface area contributed by atoms with E-state index >= 15 is 0 Å². The minimum absolute atomic E-state index is 0.0708. The van der Waals surface area contributed by atoms with Crippen molar-refractivity contribution in [1.29, 1.82) is 0 Å². The quantitative estimate of drug-likeness (QED) is 0.200. The second-order valence-corrected chi connectivity index (χ2v) is 8.83. The number of ketones is 1. The number of rotatable bonds is 8. The molecular formula is C25H32ClN3O6. The number of hydrogen-bond acceptors (Lipinski definition) is 7. The van der Waals surface area contributed by atoms with E-state index in [9.17, 15) is 24.7 Å². The lowest BCUT2D eigenvalue weighted by atomic mass is 9.87. The molecule has 9 nitrogen and oxygen atoms in total. The number of methoxy groups -OCH3 is 1. The van der Waals surface area contributed by atoms with E-state index in [1.165, 1.54) is 12.1 Å². The summed E-state index contributed by atoms with van der Waals surface area (Å²) in [5.74, 6) is 1.18. The zero-order valence-corrected chi connectivity index (χ0v) is 20.7. The van der Waals surface area contributed by atoms with E-state index in [0.717, 1.165) is 54.0 Å². The van der Waals surface area contributed by atoms with E-state index in [1.54, 1.807) is 31.4 Å². The fourth-order valence-electron chi connectivity index (χ4n) is 3.69. The van der Waals surface area contributed by atoms with E-state index in [0.29, 0.717) is 0 Å². The average molecular weight is 506 g/mol. The lowest BCUT2D eigenvalue weighted by Crippen LogP contribution is -2.44. The third-order valence-corrected chi connectivity index (χ3v) is 5.95. The predicted molar refractivity (Wildman–Crippen MR) is 134 cm³/mol. The Bertz CT molecular complexity index is 978. The molecule has 0 radical (unpaired) electrons. The lowest BCUT2D eigenvalue weighted by molar-refractivity contribution is 0.0990. The van der Waals surface area contributed by atoms with Gasteiger partial charge in [0.15, 0.2) is 5.78 Å².